The normalized spacial score (nSPS) is 16.2. The van der Waals surface area contributed by atoms with Crippen molar-refractivity contribution >= 4 is 28.1 Å². The van der Waals surface area contributed by atoms with Crippen molar-refractivity contribution in [2.75, 3.05) is 25.1 Å². The van der Waals surface area contributed by atoms with Crippen LogP contribution in [0.25, 0.3) is 27.6 Å². The first-order chi connectivity index (χ1) is 17.7. The number of benzene rings is 2. The molecule has 1 amide bonds. The number of nitrogens with zero attached hydrogens (tertiary/aromatic N) is 1. The molecule has 0 spiro atoms. The van der Waals surface area contributed by atoms with Crippen LogP contribution in [0.4, 0.5) is 5.69 Å². The highest BCUT2D eigenvalue weighted by Crippen LogP contribution is 2.39. The number of rotatable bonds is 6. The molecule has 6 rings (SSSR count). The first-order valence-corrected chi connectivity index (χ1v) is 12.3. The Balaban J connectivity index is 1.18. The molecule has 0 bridgehead atoms. The molecule has 4 N–H and O–H groups in total. The van der Waals surface area contributed by atoms with E-state index in [9.17, 15) is 4.79 Å². The number of nitrogens with two attached hydrogens (primary N) is 1. The molecule has 7 heteroatoms. The Hall–Kier alpha value is -3.94. The summed E-state index contributed by atoms with van der Waals surface area (Å²) in [7, 11) is 0. The van der Waals surface area contributed by atoms with Crippen LogP contribution >= 0.6 is 0 Å². The molecule has 182 valence electrons. The molecule has 0 unspecified atom stereocenters. The lowest BCUT2D eigenvalue weighted by atomic mass is 9.94. The van der Waals surface area contributed by atoms with Gasteiger partial charge >= 0.3 is 0 Å². The molecule has 36 heavy (non-hydrogen) atoms. The van der Waals surface area contributed by atoms with E-state index in [0.29, 0.717) is 32.0 Å². The second-order valence-corrected chi connectivity index (χ2v) is 9.35. The van der Waals surface area contributed by atoms with E-state index in [1.807, 2.05) is 42.7 Å². The second-order valence-electron chi connectivity index (χ2n) is 9.35. The Morgan fingerprint density at radius 3 is 2.81 bits per heavy atom. The van der Waals surface area contributed by atoms with Crippen molar-refractivity contribution in [2.24, 2.45) is 5.73 Å². The van der Waals surface area contributed by atoms with Crippen LogP contribution < -0.4 is 15.8 Å². The standard InChI is InChI=1S/C29H28N4O3/c30-22(11-21-15-32-26-4-2-1-3-24(21)26)17-36-23-12-20(14-31-16-23)19-5-6-27-25(13-19)28(29(34)33-27)18-7-9-35-10-8-18/h1-6,12-16,22,32H,7-11,17,30H2,(H,33,34)/t22-/m0/s1. The molecule has 4 aromatic rings. The van der Waals surface area contributed by atoms with Crippen molar-refractivity contribution in [3.63, 3.8) is 0 Å². The minimum Gasteiger partial charge on any atom is -0.490 e. The maximum atomic E-state index is 12.7. The number of anilines is 1. The van der Waals surface area contributed by atoms with Crippen molar-refractivity contribution in [3.05, 3.63) is 83.8 Å². The van der Waals surface area contributed by atoms with Crippen LogP contribution in [0, 0.1) is 0 Å². The summed E-state index contributed by atoms with van der Waals surface area (Å²) in [6.07, 6.45) is 7.82. The minimum absolute atomic E-state index is 0.0292. The zero-order valence-corrected chi connectivity index (χ0v) is 19.9. The van der Waals surface area contributed by atoms with E-state index in [0.717, 1.165) is 51.9 Å². The van der Waals surface area contributed by atoms with Crippen LogP contribution in [0.5, 0.6) is 5.75 Å². The van der Waals surface area contributed by atoms with E-state index in [1.165, 1.54) is 10.9 Å². The first kappa shape index (κ1) is 22.5. The number of pyridine rings is 1. The molecule has 1 fully saturated rings. The molecule has 2 aliphatic rings. The molecule has 1 atom stereocenters. The van der Waals surface area contributed by atoms with Crippen LogP contribution in [0.2, 0.25) is 0 Å². The van der Waals surface area contributed by atoms with Crippen LogP contribution in [-0.4, -0.2) is 41.7 Å². The number of carbonyl (C=O) groups excluding carboxylic acids is 1. The van der Waals surface area contributed by atoms with Crippen molar-refractivity contribution in [2.45, 2.75) is 25.3 Å². The lowest BCUT2D eigenvalue weighted by Gasteiger charge is -2.17. The number of aromatic amines is 1. The number of aromatic nitrogens is 2. The summed E-state index contributed by atoms with van der Waals surface area (Å²) in [6.45, 7) is 1.70. The lowest BCUT2D eigenvalue weighted by Crippen LogP contribution is -2.30. The number of ether oxygens (including phenoxy) is 2. The number of fused-ring (bicyclic) bond motifs is 2. The van der Waals surface area contributed by atoms with Crippen LogP contribution in [0.1, 0.15) is 24.0 Å². The van der Waals surface area contributed by atoms with Crippen molar-refractivity contribution in [1.29, 1.82) is 0 Å². The van der Waals surface area contributed by atoms with Crippen LogP contribution in [0.3, 0.4) is 0 Å². The van der Waals surface area contributed by atoms with Gasteiger partial charge in [0.25, 0.3) is 5.91 Å². The lowest BCUT2D eigenvalue weighted by molar-refractivity contribution is -0.110. The maximum absolute atomic E-state index is 12.7. The highest BCUT2D eigenvalue weighted by Gasteiger charge is 2.28. The maximum Gasteiger partial charge on any atom is 0.256 e. The van der Waals surface area contributed by atoms with Gasteiger partial charge in [0, 0.05) is 51.7 Å². The summed E-state index contributed by atoms with van der Waals surface area (Å²) in [4.78, 5) is 20.4. The van der Waals surface area contributed by atoms with E-state index >= 15 is 0 Å². The predicted molar refractivity (Wildman–Crippen MR) is 141 cm³/mol. The third kappa shape index (κ3) is 4.39. The van der Waals surface area contributed by atoms with Gasteiger partial charge in [-0.05, 0) is 54.7 Å². The summed E-state index contributed by atoms with van der Waals surface area (Å²) in [6, 6.07) is 16.1. The Morgan fingerprint density at radius 2 is 1.92 bits per heavy atom. The SMILES string of the molecule is N[C@H](COc1cncc(-c2ccc3c(c2)C(=C2CCOCC2)C(=O)N3)c1)Cc1c[nH]c2ccccc12. The Kier molecular flexibility index (Phi) is 6.01. The number of nitrogens with one attached hydrogen (secondary N) is 2. The molecule has 0 aliphatic carbocycles. The molecule has 0 radical (unpaired) electrons. The molecule has 2 aromatic carbocycles. The molecular weight excluding hydrogens is 452 g/mol. The van der Waals surface area contributed by atoms with E-state index in [1.54, 1.807) is 6.20 Å². The minimum atomic E-state index is -0.154. The van der Waals surface area contributed by atoms with Gasteiger partial charge in [-0.1, -0.05) is 29.8 Å². The average Bonchev–Trinajstić information content (AvgIpc) is 3.47. The van der Waals surface area contributed by atoms with Crippen molar-refractivity contribution in [1.82, 2.24) is 9.97 Å². The third-order valence-electron chi connectivity index (χ3n) is 6.88. The largest absolute Gasteiger partial charge is 0.490 e. The monoisotopic (exact) mass is 480 g/mol. The fourth-order valence-electron chi connectivity index (χ4n) is 5.07. The summed E-state index contributed by atoms with van der Waals surface area (Å²) in [5.41, 5.74) is 14.4. The Labute approximate surface area is 209 Å². The number of amides is 1. The molecule has 2 aliphatic heterocycles. The van der Waals surface area contributed by atoms with Gasteiger partial charge in [-0.3, -0.25) is 9.78 Å². The molecule has 1 saturated heterocycles. The number of hydrogen-bond acceptors (Lipinski definition) is 5. The van der Waals surface area contributed by atoms with E-state index in [4.69, 9.17) is 15.2 Å². The molecule has 4 heterocycles. The zero-order chi connectivity index (χ0) is 24.5. The summed E-state index contributed by atoms with van der Waals surface area (Å²) < 4.78 is 11.5. The fraction of sp³-hybridized carbons (Fsp3) is 0.241. The second kappa shape index (κ2) is 9.60. The summed E-state index contributed by atoms with van der Waals surface area (Å²) in [5, 5.41) is 4.19. The van der Waals surface area contributed by atoms with E-state index in [2.05, 4.69) is 33.5 Å². The van der Waals surface area contributed by atoms with Gasteiger partial charge in [0.1, 0.15) is 12.4 Å². The molecule has 2 aromatic heterocycles. The molecule has 0 saturated carbocycles. The zero-order valence-electron chi connectivity index (χ0n) is 19.9. The Morgan fingerprint density at radius 1 is 1.06 bits per heavy atom. The van der Waals surface area contributed by atoms with Gasteiger partial charge in [-0.15, -0.1) is 0 Å². The highest BCUT2D eigenvalue weighted by molar-refractivity contribution is 6.32. The first-order valence-electron chi connectivity index (χ1n) is 12.3. The average molecular weight is 481 g/mol. The number of hydrogen-bond donors (Lipinski definition) is 3. The van der Waals surface area contributed by atoms with Gasteiger partial charge in [0.05, 0.1) is 19.4 Å². The van der Waals surface area contributed by atoms with E-state index < -0.39 is 0 Å². The fourth-order valence-corrected chi connectivity index (χ4v) is 5.07. The predicted octanol–water partition coefficient (Wildman–Crippen LogP) is 4.69. The van der Waals surface area contributed by atoms with E-state index in [-0.39, 0.29) is 11.9 Å². The van der Waals surface area contributed by atoms with Gasteiger partial charge in [-0.25, -0.2) is 0 Å². The smallest absolute Gasteiger partial charge is 0.256 e. The molecule has 7 nitrogen and oxygen atoms in total. The van der Waals surface area contributed by atoms with Crippen LogP contribution in [-0.2, 0) is 16.0 Å². The van der Waals surface area contributed by atoms with Gasteiger partial charge in [0.2, 0.25) is 0 Å². The summed E-state index contributed by atoms with van der Waals surface area (Å²) >= 11 is 0. The highest BCUT2D eigenvalue weighted by atomic mass is 16.5. The summed E-state index contributed by atoms with van der Waals surface area (Å²) in [5.74, 6) is 0.637. The van der Waals surface area contributed by atoms with Gasteiger partial charge in [0.15, 0.2) is 0 Å². The Bertz CT molecular complexity index is 1460. The van der Waals surface area contributed by atoms with Crippen LogP contribution in [0.15, 0.2) is 72.7 Å². The number of para-hydroxylation sites is 1. The van der Waals surface area contributed by atoms with Crippen molar-refractivity contribution in [3.8, 4) is 16.9 Å². The van der Waals surface area contributed by atoms with Crippen molar-refractivity contribution < 1.29 is 14.3 Å². The third-order valence-corrected chi connectivity index (χ3v) is 6.88. The quantitative estimate of drug-likeness (QED) is 0.347. The van der Waals surface area contributed by atoms with Gasteiger partial charge in [-0.2, -0.15) is 0 Å². The topological polar surface area (TPSA) is 102 Å². The van der Waals surface area contributed by atoms with Gasteiger partial charge < -0.3 is 25.5 Å². The number of carbonyl (C=O) groups is 1. The number of H-pyrrole nitrogens is 1. The molecular formula is C29H28N4O3.